The largest absolute Gasteiger partial charge is 0.514 e. The fourth-order valence-corrected chi connectivity index (χ4v) is 0.289. The lowest BCUT2D eigenvalue weighted by Gasteiger charge is -1.88. The molecule has 56 valence electrons. The van der Waals surface area contributed by atoms with Gasteiger partial charge in [-0.3, -0.25) is 4.79 Å². The maximum absolute atomic E-state index is 10.1. The molecule has 0 aromatic carbocycles. The van der Waals surface area contributed by atoms with Crippen LogP contribution in [-0.4, -0.2) is 11.1 Å². The van der Waals surface area contributed by atoms with Crippen LogP contribution in [0.25, 0.3) is 0 Å². The molecule has 0 heterocycles. The van der Waals surface area contributed by atoms with E-state index < -0.39 is 5.97 Å². The molecular formula is C6H7ClO3. The summed E-state index contributed by atoms with van der Waals surface area (Å²) in [6, 6.07) is 0. The third-order valence-corrected chi connectivity index (χ3v) is 0.808. The van der Waals surface area contributed by atoms with Crippen LogP contribution in [-0.2, 0) is 9.53 Å². The zero-order valence-electron chi connectivity index (χ0n) is 5.37. The first-order valence-corrected chi connectivity index (χ1v) is 2.88. The smallest absolute Gasteiger partial charge is 0.307 e. The van der Waals surface area contributed by atoms with Crippen molar-refractivity contribution in [2.24, 2.45) is 0 Å². The van der Waals surface area contributed by atoms with Gasteiger partial charge < -0.3 is 9.84 Å². The number of aliphatic hydroxyl groups excluding tert-OH is 1. The molecule has 0 spiro atoms. The molecule has 10 heavy (non-hydrogen) atoms. The Morgan fingerprint density at radius 1 is 1.70 bits per heavy atom. The van der Waals surface area contributed by atoms with Crippen molar-refractivity contribution >= 4 is 17.6 Å². The lowest BCUT2D eigenvalue weighted by Crippen LogP contribution is -1.88. The number of aliphatic hydroxyl groups is 1. The summed E-state index contributed by atoms with van der Waals surface area (Å²) >= 11 is 5.28. The molecule has 0 saturated heterocycles. The average molecular weight is 163 g/mol. The average Bonchev–Trinajstić information content (AvgIpc) is 1.87. The predicted octanol–water partition coefficient (Wildman–Crippen LogP) is 1.70. The van der Waals surface area contributed by atoms with Crippen molar-refractivity contribution in [3.63, 3.8) is 0 Å². The Hall–Kier alpha value is -0.960. The number of rotatable bonds is 2. The summed E-state index contributed by atoms with van der Waals surface area (Å²) in [6.07, 6.45) is 3.04. The van der Waals surface area contributed by atoms with E-state index in [-0.39, 0.29) is 5.03 Å². The van der Waals surface area contributed by atoms with E-state index in [1.54, 1.807) is 0 Å². The van der Waals surface area contributed by atoms with E-state index >= 15 is 0 Å². The highest BCUT2D eigenvalue weighted by atomic mass is 35.5. The second kappa shape index (κ2) is 4.88. The molecule has 0 fully saturated rings. The van der Waals surface area contributed by atoms with Crippen LogP contribution in [0, 0.1) is 0 Å². The first-order valence-electron chi connectivity index (χ1n) is 2.50. The van der Waals surface area contributed by atoms with E-state index in [9.17, 15) is 4.79 Å². The number of hydrogen-bond acceptors (Lipinski definition) is 3. The minimum atomic E-state index is -0.432. The van der Waals surface area contributed by atoms with E-state index in [4.69, 9.17) is 16.7 Å². The third-order valence-electron chi connectivity index (χ3n) is 0.585. The summed E-state index contributed by atoms with van der Waals surface area (Å²) in [7, 11) is 0. The molecular weight excluding hydrogens is 156 g/mol. The van der Waals surface area contributed by atoms with Crippen LogP contribution in [0.5, 0.6) is 0 Å². The zero-order chi connectivity index (χ0) is 7.98. The van der Waals surface area contributed by atoms with E-state index in [1.807, 2.05) is 0 Å². The standard InChI is InChI=1S/C6H7ClO3/c1-5(9)10-3-2-6(7)4-8/h2-4,8H,1H3. The predicted molar refractivity (Wildman–Crippen MR) is 37.5 cm³/mol. The van der Waals surface area contributed by atoms with E-state index in [2.05, 4.69) is 4.74 Å². The van der Waals surface area contributed by atoms with Crippen molar-refractivity contribution in [2.75, 3.05) is 0 Å². The van der Waals surface area contributed by atoms with Gasteiger partial charge in [-0.15, -0.1) is 0 Å². The van der Waals surface area contributed by atoms with Crippen LogP contribution in [0.1, 0.15) is 6.92 Å². The van der Waals surface area contributed by atoms with Crippen molar-refractivity contribution in [1.29, 1.82) is 0 Å². The van der Waals surface area contributed by atoms with E-state index in [0.29, 0.717) is 6.26 Å². The van der Waals surface area contributed by atoms with Gasteiger partial charge in [0.15, 0.2) is 0 Å². The maximum atomic E-state index is 10.1. The van der Waals surface area contributed by atoms with E-state index in [1.165, 1.54) is 13.0 Å². The second-order valence-electron chi connectivity index (χ2n) is 1.43. The van der Waals surface area contributed by atoms with Gasteiger partial charge in [0.2, 0.25) is 0 Å². The Morgan fingerprint density at radius 2 is 2.30 bits per heavy atom. The highest BCUT2D eigenvalue weighted by molar-refractivity contribution is 6.31. The van der Waals surface area contributed by atoms with Crippen molar-refractivity contribution in [3.8, 4) is 0 Å². The normalized spacial score (nSPS) is 12.0. The van der Waals surface area contributed by atoms with Gasteiger partial charge in [-0.25, -0.2) is 0 Å². The van der Waals surface area contributed by atoms with Gasteiger partial charge in [0, 0.05) is 6.92 Å². The summed E-state index contributed by atoms with van der Waals surface area (Å²) < 4.78 is 4.36. The molecule has 0 atom stereocenters. The molecule has 4 heteroatoms. The lowest BCUT2D eigenvalue weighted by molar-refractivity contribution is -0.135. The number of halogens is 1. The first kappa shape index (κ1) is 9.04. The molecule has 0 saturated carbocycles. The summed E-state index contributed by atoms with van der Waals surface area (Å²) in [6.45, 7) is 1.26. The van der Waals surface area contributed by atoms with Gasteiger partial charge in [0.25, 0.3) is 0 Å². The molecule has 0 radical (unpaired) electrons. The Kier molecular flexibility index (Phi) is 4.41. The number of carbonyl (C=O) groups is 1. The van der Waals surface area contributed by atoms with Crippen molar-refractivity contribution in [3.05, 3.63) is 23.6 Å². The van der Waals surface area contributed by atoms with Crippen LogP contribution in [0.2, 0.25) is 0 Å². The minimum absolute atomic E-state index is 0.0984. The summed E-state index contributed by atoms with van der Waals surface area (Å²) in [4.78, 5) is 10.1. The quantitative estimate of drug-likeness (QED) is 0.382. The minimum Gasteiger partial charge on any atom is -0.514 e. The fraction of sp³-hybridized carbons (Fsp3) is 0.167. The lowest BCUT2D eigenvalue weighted by atomic mass is 10.6. The molecule has 0 aromatic rings. The Morgan fingerprint density at radius 3 is 2.70 bits per heavy atom. The van der Waals surface area contributed by atoms with Crippen LogP contribution in [0.4, 0.5) is 0 Å². The first-order chi connectivity index (χ1) is 4.66. The van der Waals surface area contributed by atoms with Gasteiger partial charge in [0.05, 0.1) is 17.6 Å². The van der Waals surface area contributed by atoms with Crippen molar-refractivity contribution < 1.29 is 14.6 Å². The van der Waals surface area contributed by atoms with Gasteiger partial charge in [-0.2, -0.15) is 0 Å². The summed E-state index contributed by atoms with van der Waals surface area (Å²) in [5.41, 5.74) is 0. The Bertz CT molecular complexity index is 172. The Labute approximate surface area is 63.6 Å². The molecule has 0 aliphatic rings. The number of hydrogen-bond donors (Lipinski definition) is 1. The van der Waals surface area contributed by atoms with Crippen molar-refractivity contribution in [1.82, 2.24) is 0 Å². The third kappa shape index (κ3) is 5.18. The van der Waals surface area contributed by atoms with Gasteiger partial charge in [-0.05, 0) is 6.08 Å². The van der Waals surface area contributed by atoms with Crippen molar-refractivity contribution in [2.45, 2.75) is 6.92 Å². The SMILES string of the molecule is CC(=O)OC=CC(Cl)=CO. The molecule has 0 bridgehead atoms. The molecule has 0 unspecified atom stereocenters. The topological polar surface area (TPSA) is 46.5 Å². The van der Waals surface area contributed by atoms with E-state index in [0.717, 1.165) is 6.26 Å². The maximum Gasteiger partial charge on any atom is 0.307 e. The fourth-order valence-electron chi connectivity index (χ4n) is 0.238. The van der Waals surface area contributed by atoms with Crippen LogP contribution < -0.4 is 0 Å². The highest BCUT2D eigenvalue weighted by Gasteiger charge is 1.85. The van der Waals surface area contributed by atoms with Gasteiger partial charge >= 0.3 is 5.97 Å². The van der Waals surface area contributed by atoms with Crippen LogP contribution in [0.15, 0.2) is 23.6 Å². The monoisotopic (exact) mass is 162 g/mol. The number of esters is 1. The zero-order valence-corrected chi connectivity index (χ0v) is 6.13. The van der Waals surface area contributed by atoms with Crippen LogP contribution >= 0.6 is 11.6 Å². The Balaban J connectivity index is 3.67. The molecule has 0 aliphatic carbocycles. The van der Waals surface area contributed by atoms with Gasteiger partial charge in [0.1, 0.15) is 0 Å². The molecule has 0 rings (SSSR count). The summed E-state index contributed by atoms with van der Waals surface area (Å²) in [5, 5.41) is 8.31. The second-order valence-corrected chi connectivity index (χ2v) is 1.86. The molecule has 1 N–H and O–H groups in total. The summed E-state index contributed by atoms with van der Waals surface area (Å²) in [5.74, 6) is -0.432. The number of allylic oxidation sites excluding steroid dienone is 2. The van der Waals surface area contributed by atoms with Crippen LogP contribution in [0.3, 0.4) is 0 Å². The molecule has 0 aromatic heterocycles. The number of carbonyl (C=O) groups excluding carboxylic acids is 1. The molecule has 3 nitrogen and oxygen atoms in total. The molecule has 0 amide bonds. The highest BCUT2D eigenvalue weighted by Crippen LogP contribution is 2.00. The van der Waals surface area contributed by atoms with Gasteiger partial charge in [-0.1, -0.05) is 11.6 Å². The number of ether oxygens (including phenoxy) is 1. The molecule has 0 aliphatic heterocycles.